The largest absolute Gasteiger partial charge is 0.371 e. The molecular weight excluding hydrogens is 312 g/mol. The Labute approximate surface area is 151 Å². The second-order valence-corrected chi connectivity index (χ2v) is 7.40. The monoisotopic (exact) mass is 344 g/mol. The highest BCUT2D eigenvalue weighted by Gasteiger charge is 2.22. The van der Waals surface area contributed by atoms with Crippen molar-refractivity contribution in [2.45, 2.75) is 51.0 Å². The molecule has 2 aliphatic rings. The van der Waals surface area contributed by atoms with Crippen LogP contribution in [0.2, 0.25) is 0 Å². The molecule has 25 heavy (non-hydrogen) atoms. The van der Waals surface area contributed by atoms with Gasteiger partial charge in [0, 0.05) is 25.6 Å². The summed E-state index contributed by atoms with van der Waals surface area (Å²) in [6, 6.07) is 10.5. The highest BCUT2D eigenvalue weighted by Crippen LogP contribution is 2.24. The minimum atomic E-state index is 0.195. The third-order valence-electron chi connectivity index (χ3n) is 5.50. The summed E-state index contributed by atoms with van der Waals surface area (Å²) < 4.78 is 5.92. The standard InChI is InChI=1S/C21H32N2O2/c24-21(19-11-5-2-6-12-19)22-13-7-8-14-23-15-16-25-20(17-23)18-9-3-1-4-10-18/h1,3-4,9-10,19-20H,2,5-8,11-17H2,(H,22,24)/t20-/m0/s1. The molecule has 0 aromatic heterocycles. The lowest BCUT2D eigenvalue weighted by molar-refractivity contribution is -0.125. The van der Waals surface area contributed by atoms with Gasteiger partial charge in [-0.1, -0.05) is 49.6 Å². The number of carbonyl (C=O) groups excluding carboxylic acids is 1. The molecule has 1 N–H and O–H groups in total. The molecule has 0 bridgehead atoms. The fourth-order valence-electron chi connectivity index (χ4n) is 3.96. The molecule has 1 atom stereocenters. The Hall–Kier alpha value is -1.39. The van der Waals surface area contributed by atoms with Gasteiger partial charge in [0.05, 0.1) is 12.7 Å². The fraction of sp³-hybridized carbons (Fsp3) is 0.667. The third-order valence-corrected chi connectivity index (χ3v) is 5.50. The molecule has 4 heteroatoms. The lowest BCUT2D eigenvalue weighted by Crippen LogP contribution is -2.39. The summed E-state index contributed by atoms with van der Waals surface area (Å²) in [6.45, 7) is 4.70. The molecule has 0 spiro atoms. The van der Waals surface area contributed by atoms with Crippen molar-refractivity contribution in [2.75, 3.05) is 32.8 Å². The van der Waals surface area contributed by atoms with Gasteiger partial charge < -0.3 is 10.1 Å². The van der Waals surface area contributed by atoms with Gasteiger partial charge in [-0.3, -0.25) is 9.69 Å². The molecule has 0 unspecified atom stereocenters. The Bertz CT molecular complexity index is 514. The molecule has 2 fully saturated rings. The lowest BCUT2D eigenvalue weighted by Gasteiger charge is -2.33. The number of benzene rings is 1. The van der Waals surface area contributed by atoms with E-state index in [1.165, 1.54) is 24.8 Å². The van der Waals surface area contributed by atoms with Gasteiger partial charge >= 0.3 is 0 Å². The van der Waals surface area contributed by atoms with Gasteiger partial charge in [-0.25, -0.2) is 0 Å². The summed E-state index contributed by atoms with van der Waals surface area (Å²) in [5.41, 5.74) is 1.27. The summed E-state index contributed by atoms with van der Waals surface area (Å²) in [5.74, 6) is 0.565. The van der Waals surface area contributed by atoms with E-state index in [1.54, 1.807) is 0 Å². The van der Waals surface area contributed by atoms with E-state index in [9.17, 15) is 4.79 Å². The molecular formula is C21H32N2O2. The molecule has 138 valence electrons. The summed E-state index contributed by atoms with van der Waals surface area (Å²) >= 11 is 0. The van der Waals surface area contributed by atoms with Crippen LogP contribution in [-0.4, -0.2) is 43.6 Å². The number of amides is 1. The second kappa shape index (κ2) is 9.93. The average molecular weight is 344 g/mol. The molecule has 1 saturated carbocycles. The molecule has 1 aliphatic carbocycles. The number of morpholine rings is 1. The number of nitrogens with zero attached hydrogens (tertiary/aromatic N) is 1. The van der Waals surface area contributed by atoms with Crippen molar-refractivity contribution in [3.8, 4) is 0 Å². The normalized spacial score (nSPS) is 22.6. The van der Waals surface area contributed by atoms with E-state index in [0.717, 1.165) is 58.5 Å². The van der Waals surface area contributed by atoms with Gasteiger partial charge in [0.2, 0.25) is 5.91 Å². The highest BCUT2D eigenvalue weighted by molar-refractivity contribution is 5.78. The Morgan fingerprint density at radius 3 is 2.72 bits per heavy atom. The third kappa shape index (κ3) is 5.82. The first-order chi connectivity index (χ1) is 12.3. The van der Waals surface area contributed by atoms with Crippen molar-refractivity contribution >= 4 is 5.91 Å². The van der Waals surface area contributed by atoms with Gasteiger partial charge in [0.15, 0.2) is 0 Å². The fourth-order valence-corrected chi connectivity index (χ4v) is 3.96. The smallest absolute Gasteiger partial charge is 0.223 e. The quantitative estimate of drug-likeness (QED) is 0.769. The van der Waals surface area contributed by atoms with Crippen molar-refractivity contribution in [1.29, 1.82) is 0 Å². The topological polar surface area (TPSA) is 41.6 Å². The Morgan fingerprint density at radius 1 is 1.12 bits per heavy atom. The van der Waals surface area contributed by atoms with Crippen LogP contribution in [-0.2, 0) is 9.53 Å². The molecule has 3 rings (SSSR count). The van der Waals surface area contributed by atoms with Crippen LogP contribution in [0.3, 0.4) is 0 Å². The second-order valence-electron chi connectivity index (χ2n) is 7.40. The molecule has 1 aromatic rings. The molecule has 1 saturated heterocycles. The maximum atomic E-state index is 12.1. The first-order valence-electron chi connectivity index (χ1n) is 9.99. The molecule has 1 aliphatic heterocycles. The van der Waals surface area contributed by atoms with Crippen LogP contribution in [0.1, 0.15) is 56.6 Å². The van der Waals surface area contributed by atoms with Crippen molar-refractivity contribution < 1.29 is 9.53 Å². The average Bonchev–Trinajstić information content (AvgIpc) is 2.69. The number of rotatable bonds is 7. The molecule has 1 amide bonds. The Balaban J connectivity index is 1.30. The number of unbranched alkanes of at least 4 members (excludes halogenated alkanes) is 1. The number of carbonyl (C=O) groups is 1. The van der Waals surface area contributed by atoms with Crippen LogP contribution < -0.4 is 5.32 Å². The van der Waals surface area contributed by atoms with Gasteiger partial charge in [-0.05, 0) is 37.8 Å². The zero-order valence-corrected chi connectivity index (χ0v) is 15.3. The summed E-state index contributed by atoms with van der Waals surface area (Å²) in [7, 11) is 0. The van der Waals surface area contributed by atoms with E-state index in [-0.39, 0.29) is 17.9 Å². The van der Waals surface area contributed by atoms with E-state index in [0.29, 0.717) is 0 Å². The molecule has 1 heterocycles. The zero-order valence-electron chi connectivity index (χ0n) is 15.3. The van der Waals surface area contributed by atoms with Crippen LogP contribution in [0.15, 0.2) is 30.3 Å². The summed E-state index contributed by atoms with van der Waals surface area (Å²) in [5, 5.41) is 3.14. The van der Waals surface area contributed by atoms with E-state index >= 15 is 0 Å². The van der Waals surface area contributed by atoms with Crippen molar-refractivity contribution in [1.82, 2.24) is 10.2 Å². The van der Waals surface area contributed by atoms with Gasteiger partial charge in [-0.15, -0.1) is 0 Å². The number of ether oxygens (including phenoxy) is 1. The summed E-state index contributed by atoms with van der Waals surface area (Å²) in [6.07, 6.45) is 8.29. The van der Waals surface area contributed by atoms with Crippen LogP contribution in [0, 0.1) is 5.92 Å². The molecule has 4 nitrogen and oxygen atoms in total. The minimum absolute atomic E-state index is 0.195. The van der Waals surface area contributed by atoms with Crippen LogP contribution in [0.4, 0.5) is 0 Å². The molecule has 1 aromatic carbocycles. The highest BCUT2D eigenvalue weighted by atomic mass is 16.5. The van der Waals surface area contributed by atoms with Crippen molar-refractivity contribution in [2.24, 2.45) is 5.92 Å². The maximum absolute atomic E-state index is 12.1. The van der Waals surface area contributed by atoms with Gasteiger partial charge in [0.25, 0.3) is 0 Å². The minimum Gasteiger partial charge on any atom is -0.371 e. The predicted octanol–water partition coefficient (Wildman–Crippen LogP) is 3.54. The van der Waals surface area contributed by atoms with Crippen LogP contribution >= 0.6 is 0 Å². The lowest BCUT2D eigenvalue weighted by atomic mass is 9.89. The van der Waals surface area contributed by atoms with Crippen molar-refractivity contribution in [3.05, 3.63) is 35.9 Å². The first kappa shape index (κ1) is 18.4. The van der Waals surface area contributed by atoms with E-state index < -0.39 is 0 Å². The first-order valence-corrected chi connectivity index (χ1v) is 9.99. The van der Waals surface area contributed by atoms with E-state index in [1.807, 2.05) is 6.07 Å². The van der Waals surface area contributed by atoms with Gasteiger partial charge in [-0.2, -0.15) is 0 Å². The van der Waals surface area contributed by atoms with Crippen LogP contribution in [0.25, 0.3) is 0 Å². The summed E-state index contributed by atoms with van der Waals surface area (Å²) in [4.78, 5) is 14.6. The van der Waals surface area contributed by atoms with E-state index in [2.05, 4.69) is 34.5 Å². The number of hydrogen-bond donors (Lipinski definition) is 1. The Morgan fingerprint density at radius 2 is 1.92 bits per heavy atom. The van der Waals surface area contributed by atoms with Crippen LogP contribution in [0.5, 0.6) is 0 Å². The molecule has 0 radical (unpaired) electrons. The predicted molar refractivity (Wildman–Crippen MR) is 100 cm³/mol. The van der Waals surface area contributed by atoms with E-state index in [4.69, 9.17) is 4.74 Å². The van der Waals surface area contributed by atoms with Gasteiger partial charge in [0.1, 0.15) is 0 Å². The maximum Gasteiger partial charge on any atom is 0.223 e. The SMILES string of the molecule is O=C(NCCCCN1CCO[C@H](c2ccccc2)C1)C1CCCCC1. The zero-order chi connectivity index (χ0) is 17.3. The Kier molecular flexibility index (Phi) is 7.31. The number of nitrogens with one attached hydrogen (secondary N) is 1. The van der Waals surface area contributed by atoms with Crippen molar-refractivity contribution in [3.63, 3.8) is 0 Å². The number of hydrogen-bond acceptors (Lipinski definition) is 3.